The van der Waals surface area contributed by atoms with E-state index in [4.69, 9.17) is 5.11 Å². The van der Waals surface area contributed by atoms with Crippen molar-refractivity contribution in [3.8, 4) is 0 Å². The number of carbonyl (C=O) groups excluding carboxylic acids is 1. The molecule has 1 fully saturated rings. The summed E-state index contributed by atoms with van der Waals surface area (Å²) in [6.07, 6.45) is 3.41. The van der Waals surface area contributed by atoms with Crippen LogP contribution in [0.15, 0.2) is 24.5 Å². The summed E-state index contributed by atoms with van der Waals surface area (Å²) in [5, 5.41) is 11.6. The molecule has 1 saturated heterocycles. The fourth-order valence-electron chi connectivity index (χ4n) is 1.79. The van der Waals surface area contributed by atoms with Gasteiger partial charge in [0.25, 0.3) is 0 Å². The monoisotopic (exact) mass is 207 g/mol. The summed E-state index contributed by atoms with van der Waals surface area (Å²) in [4.78, 5) is 17.0. The summed E-state index contributed by atoms with van der Waals surface area (Å²) >= 11 is 0. The summed E-state index contributed by atoms with van der Waals surface area (Å²) in [6, 6.07) is 3.66. The largest absolute Gasteiger partial charge is 0.395 e. The van der Waals surface area contributed by atoms with E-state index in [0.717, 1.165) is 5.56 Å². The van der Waals surface area contributed by atoms with Crippen molar-refractivity contribution in [1.82, 2.24) is 15.2 Å². The lowest BCUT2D eigenvalue weighted by molar-refractivity contribution is 0.179. The van der Waals surface area contributed by atoms with Gasteiger partial charge in [0, 0.05) is 25.5 Å². The molecule has 5 nitrogen and oxygen atoms in total. The highest BCUT2D eigenvalue weighted by molar-refractivity contribution is 5.77. The van der Waals surface area contributed by atoms with E-state index in [-0.39, 0.29) is 18.7 Å². The van der Waals surface area contributed by atoms with E-state index in [1.807, 2.05) is 12.1 Å². The van der Waals surface area contributed by atoms with Gasteiger partial charge in [-0.3, -0.25) is 4.98 Å². The average Bonchev–Trinajstić information content (AvgIpc) is 2.63. The highest BCUT2D eigenvalue weighted by Gasteiger charge is 2.30. The van der Waals surface area contributed by atoms with Crippen molar-refractivity contribution in [2.45, 2.75) is 6.04 Å². The summed E-state index contributed by atoms with van der Waals surface area (Å²) < 4.78 is 0. The third kappa shape index (κ3) is 1.92. The van der Waals surface area contributed by atoms with Gasteiger partial charge in [0.2, 0.25) is 0 Å². The fourth-order valence-corrected chi connectivity index (χ4v) is 1.79. The van der Waals surface area contributed by atoms with Crippen LogP contribution in [0.5, 0.6) is 0 Å². The van der Waals surface area contributed by atoms with Gasteiger partial charge in [0.1, 0.15) is 0 Å². The van der Waals surface area contributed by atoms with E-state index in [2.05, 4.69) is 10.3 Å². The Balaban J connectivity index is 2.18. The first-order valence-corrected chi connectivity index (χ1v) is 4.88. The lowest BCUT2D eigenvalue weighted by Gasteiger charge is -2.22. The molecular formula is C10H13N3O2. The molecule has 0 aromatic carbocycles. The second kappa shape index (κ2) is 4.27. The molecule has 2 heterocycles. The maximum atomic E-state index is 11.4. The average molecular weight is 207 g/mol. The smallest absolute Gasteiger partial charge is 0.318 e. The van der Waals surface area contributed by atoms with Gasteiger partial charge in [-0.15, -0.1) is 0 Å². The van der Waals surface area contributed by atoms with Crippen molar-refractivity contribution >= 4 is 6.03 Å². The number of hydrogen-bond donors (Lipinski definition) is 2. The molecular weight excluding hydrogens is 194 g/mol. The molecule has 1 atom stereocenters. The lowest BCUT2D eigenvalue weighted by Crippen LogP contribution is -2.32. The van der Waals surface area contributed by atoms with Gasteiger partial charge < -0.3 is 15.3 Å². The highest BCUT2D eigenvalue weighted by Crippen LogP contribution is 2.23. The third-order valence-corrected chi connectivity index (χ3v) is 2.52. The zero-order valence-corrected chi connectivity index (χ0v) is 8.26. The van der Waals surface area contributed by atoms with Crippen LogP contribution in [0.2, 0.25) is 0 Å². The fraction of sp³-hybridized carbons (Fsp3) is 0.400. The van der Waals surface area contributed by atoms with Gasteiger partial charge in [-0.2, -0.15) is 0 Å². The van der Waals surface area contributed by atoms with Crippen molar-refractivity contribution < 1.29 is 9.90 Å². The van der Waals surface area contributed by atoms with Gasteiger partial charge in [0.15, 0.2) is 0 Å². The zero-order valence-electron chi connectivity index (χ0n) is 8.26. The SMILES string of the molecule is O=C1NCC(c2ccncc2)N1CCO. The number of β-amino-alcohol motifs (C(OH)–C–C–N with tert-alkyl or cyclic N) is 1. The predicted molar refractivity (Wildman–Crippen MR) is 54.2 cm³/mol. The van der Waals surface area contributed by atoms with Crippen LogP contribution in [0.25, 0.3) is 0 Å². The third-order valence-electron chi connectivity index (χ3n) is 2.52. The Hall–Kier alpha value is -1.62. The number of aliphatic hydroxyl groups is 1. The Bertz CT molecular complexity index is 342. The molecule has 1 aliphatic rings. The summed E-state index contributed by atoms with van der Waals surface area (Å²) in [5.74, 6) is 0. The minimum atomic E-state index is -0.120. The molecule has 0 radical (unpaired) electrons. The van der Waals surface area contributed by atoms with Crippen LogP contribution in [0, 0.1) is 0 Å². The number of aromatic nitrogens is 1. The number of rotatable bonds is 3. The quantitative estimate of drug-likeness (QED) is 0.741. The first kappa shape index (κ1) is 9.92. The van der Waals surface area contributed by atoms with Gasteiger partial charge in [-0.05, 0) is 17.7 Å². The summed E-state index contributed by atoms with van der Waals surface area (Å²) in [7, 11) is 0. The maximum Gasteiger partial charge on any atom is 0.318 e. The standard InChI is InChI=1S/C10H13N3O2/c14-6-5-13-9(7-12-10(13)15)8-1-3-11-4-2-8/h1-4,9,14H,5-7H2,(H,12,15). The van der Waals surface area contributed by atoms with Gasteiger partial charge >= 0.3 is 6.03 Å². The molecule has 2 amide bonds. The number of nitrogens with zero attached hydrogens (tertiary/aromatic N) is 2. The predicted octanol–water partition coefficient (Wildman–Crippen LogP) is 0.140. The molecule has 0 bridgehead atoms. The number of aliphatic hydroxyl groups excluding tert-OH is 1. The number of nitrogens with one attached hydrogen (secondary N) is 1. The second-order valence-electron chi connectivity index (χ2n) is 3.40. The zero-order chi connectivity index (χ0) is 10.7. The van der Waals surface area contributed by atoms with Crippen molar-refractivity contribution in [3.05, 3.63) is 30.1 Å². The Kier molecular flexibility index (Phi) is 2.82. The molecule has 80 valence electrons. The van der Waals surface area contributed by atoms with E-state index < -0.39 is 0 Å². The summed E-state index contributed by atoms with van der Waals surface area (Å²) in [6.45, 7) is 0.927. The minimum Gasteiger partial charge on any atom is -0.395 e. The maximum absolute atomic E-state index is 11.4. The van der Waals surface area contributed by atoms with Crippen LogP contribution in [0.1, 0.15) is 11.6 Å². The van der Waals surface area contributed by atoms with Crippen molar-refractivity contribution in [3.63, 3.8) is 0 Å². The molecule has 15 heavy (non-hydrogen) atoms. The van der Waals surface area contributed by atoms with E-state index in [1.165, 1.54) is 0 Å². The van der Waals surface area contributed by atoms with E-state index >= 15 is 0 Å². The lowest BCUT2D eigenvalue weighted by atomic mass is 10.1. The molecule has 0 aliphatic carbocycles. The normalized spacial score (nSPS) is 20.5. The molecule has 2 rings (SSSR count). The molecule has 0 saturated carbocycles. The number of pyridine rings is 1. The van der Waals surface area contributed by atoms with E-state index in [9.17, 15) is 4.79 Å². The van der Waals surface area contributed by atoms with Crippen LogP contribution in [-0.4, -0.2) is 40.7 Å². The Labute approximate surface area is 87.7 Å². The second-order valence-corrected chi connectivity index (χ2v) is 3.40. The first-order valence-electron chi connectivity index (χ1n) is 4.88. The Morgan fingerprint density at radius 3 is 2.93 bits per heavy atom. The van der Waals surface area contributed by atoms with Gasteiger partial charge in [-0.1, -0.05) is 0 Å². The van der Waals surface area contributed by atoms with Crippen LogP contribution in [-0.2, 0) is 0 Å². The minimum absolute atomic E-state index is 0.00708. The molecule has 0 spiro atoms. The number of carbonyl (C=O) groups is 1. The van der Waals surface area contributed by atoms with Gasteiger partial charge in [-0.25, -0.2) is 4.79 Å². The molecule has 1 aromatic rings. The molecule has 2 N–H and O–H groups in total. The van der Waals surface area contributed by atoms with Crippen LogP contribution >= 0.6 is 0 Å². The first-order chi connectivity index (χ1) is 7.33. The van der Waals surface area contributed by atoms with Crippen molar-refractivity contribution in [2.24, 2.45) is 0 Å². The van der Waals surface area contributed by atoms with Crippen molar-refractivity contribution in [1.29, 1.82) is 0 Å². The Morgan fingerprint density at radius 1 is 1.53 bits per heavy atom. The van der Waals surface area contributed by atoms with Crippen LogP contribution in [0.4, 0.5) is 4.79 Å². The molecule has 1 aromatic heterocycles. The summed E-state index contributed by atoms with van der Waals surface area (Å²) in [5.41, 5.74) is 1.04. The number of urea groups is 1. The topological polar surface area (TPSA) is 65.5 Å². The molecule has 1 unspecified atom stereocenters. The molecule has 1 aliphatic heterocycles. The van der Waals surface area contributed by atoms with Crippen molar-refractivity contribution in [2.75, 3.05) is 19.7 Å². The Morgan fingerprint density at radius 2 is 2.27 bits per heavy atom. The number of amides is 2. The van der Waals surface area contributed by atoms with Crippen LogP contribution in [0.3, 0.4) is 0 Å². The van der Waals surface area contributed by atoms with Gasteiger partial charge in [0.05, 0.1) is 12.6 Å². The molecule has 5 heteroatoms. The van der Waals surface area contributed by atoms with Crippen LogP contribution < -0.4 is 5.32 Å². The van der Waals surface area contributed by atoms with E-state index in [0.29, 0.717) is 13.1 Å². The van der Waals surface area contributed by atoms with E-state index in [1.54, 1.807) is 17.3 Å². The number of hydrogen-bond acceptors (Lipinski definition) is 3. The highest BCUT2D eigenvalue weighted by atomic mass is 16.3.